The predicted octanol–water partition coefficient (Wildman–Crippen LogP) is 3.94. The Hall–Kier alpha value is -0.980. The highest BCUT2D eigenvalue weighted by Crippen LogP contribution is 2.26. The molecule has 1 aromatic rings. The van der Waals surface area contributed by atoms with E-state index in [1.807, 2.05) is 30.0 Å². The van der Waals surface area contributed by atoms with Crippen LogP contribution in [0.5, 0.6) is 0 Å². The maximum Gasteiger partial charge on any atom is 0.133 e. The zero-order valence-corrected chi connectivity index (χ0v) is 12.8. The minimum absolute atomic E-state index is 0.530. The number of nitriles is 1. The monoisotopic (exact) mass is 276 g/mol. The van der Waals surface area contributed by atoms with E-state index in [1.54, 1.807) is 0 Å². The van der Waals surface area contributed by atoms with E-state index in [0.717, 1.165) is 30.7 Å². The first-order chi connectivity index (χ1) is 9.29. The summed E-state index contributed by atoms with van der Waals surface area (Å²) in [7, 11) is 0. The van der Waals surface area contributed by atoms with Gasteiger partial charge < -0.3 is 0 Å². The average Bonchev–Trinajstić information content (AvgIpc) is 2.48. The molecule has 0 heterocycles. The molecular weight excluding hydrogens is 252 g/mol. The number of hydrogen-bond acceptors (Lipinski definition) is 3. The van der Waals surface area contributed by atoms with Crippen LogP contribution in [0, 0.1) is 11.3 Å². The van der Waals surface area contributed by atoms with Crippen molar-refractivity contribution in [1.29, 1.82) is 5.26 Å². The highest BCUT2D eigenvalue weighted by molar-refractivity contribution is 7.99. The molecule has 0 fully saturated rings. The van der Waals surface area contributed by atoms with Gasteiger partial charge in [-0.2, -0.15) is 17.0 Å². The van der Waals surface area contributed by atoms with Crippen LogP contribution in [-0.4, -0.2) is 18.1 Å². The van der Waals surface area contributed by atoms with Gasteiger partial charge in [0.05, 0.1) is 6.07 Å². The van der Waals surface area contributed by atoms with Crippen LogP contribution in [0.15, 0.2) is 30.3 Å². The number of rotatable bonds is 9. The SMILES string of the molecule is CCCNC(C#N)(CCSCCC)c1ccccc1. The van der Waals surface area contributed by atoms with Gasteiger partial charge in [-0.25, -0.2) is 0 Å². The van der Waals surface area contributed by atoms with Crippen LogP contribution in [0.2, 0.25) is 0 Å². The third-order valence-electron chi connectivity index (χ3n) is 3.10. The van der Waals surface area contributed by atoms with Gasteiger partial charge in [0.15, 0.2) is 0 Å². The molecule has 1 aromatic carbocycles. The van der Waals surface area contributed by atoms with E-state index in [0.29, 0.717) is 0 Å². The standard InChI is InChI=1S/C16H24N2S/c1-3-11-18-16(14-17,10-13-19-12-4-2)15-8-6-5-7-9-15/h5-9,18H,3-4,10-13H2,1-2H3. The Morgan fingerprint density at radius 3 is 2.47 bits per heavy atom. The molecule has 1 rings (SSSR count). The van der Waals surface area contributed by atoms with Crippen LogP contribution in [0.4, 0.5) is 0 Å². The van der Waals surface area contributed by atoms with Crippen LogP contribution in [0.1, 0.15) is 38.7 Å². The fraction of sp³-hybridized carbons (Fsp3) is 0.562. The number of thioether (sulfide) groups is 1. The first-order valence-corrected chi connectivity index (χ1v) is 8.24. The molecule has 0 spiro atoms. The molecule has 0 radical (unpaired) electrons. The Balaban J connectivity index is 2.80. The molecule has 0 amide bonds. The lowest BCUT2D eigenvalue weighted by atomic mass is 9.88. The van der Waals surface area contributed by atoms with Gasteiger partial charge in [0.25, 0.3) is 0 Å². The van der Waals surface area contributed by atoms with Gasteiger partial charge in [-0.3, -0.25) is 5.32 Å². The Labute approximate surface area is 121 Å². The van der Waals surface area contributed by atoms with E-state index < -0.39 is 5.54 Å². The van der Waals surface area contributed by atoms with E-state index in [9.17, 15) is 5.26 Å². The van der Waals surface area contributed by atoms with Crippen molar-refractivity contribution in [3.8, 4) is 6.07 Å². The zero-order chi connectivity index (χ0) is 14.0. The van der Waals surface area contributed by atoms with Gasteiger partial charge in [0.1, 0.15) is 5.54 Å². The molecule has 0 saturated heterocycles. The van der Waals surface area contributed by atoms with Crippen molar-refractivity contribution in [3.05, 3.63) is 35.9 Å². The van der Waals surface area contributed by atoms with Crippen LogP contribution in [0.25, 0.3) is 0 Å². The summed E-state index contributed by atoms with van der Waals surface area (Å²) < 4.78 is 0. The van der Waals surface area contributed by atoms with Crippen molar-refractivity contribution in [2.24, 2.45) is 0 Å². The van der Waals surface area contributed by atoms with Gasteiger partial charge in [0.2, 0.25) is 0 Å². The minimum Gasteiger partial charge on any atom is -0.296 e. The van der Waals surface area contributed by atoms with Gasteiger partial charge in [-0.15, -0.1) is 0 Å². The summed E-state index contributed by atoms with van der Waals surface area (Å²) in [4.78, 5) is 0. The fourth-order valence-electron chi connectivity index (χ4n) is 2.03. The number of nitrogens with zero attached hydrogens (tertiary/aromatic N) is 1. The summed E-state index contributed by atoms with van der Waals surface area (Å²) in [6, 6.07) is 12.6. The lowest BCUT2D eigenvalue weighted by molar-refractivity contribution is 0.416. The first-order valence-electron chi connectivity index (χ1n) is 7.08. The van der Waals surface area contributed by atoms with Crippen LogP contribution < -0.4 is 5.32 Å². The van der Waals surface area contributed by atoms with Crippen molar-refractivity contribution < 1.29 is 0 Å². The largest absolute Gasteiger partial charge is 0.296 e. The average molecular weight is 276 g/mol. The number of hydrogen-bond donors (Lipinski definition) is 1. The van der Waals surface area contributed by atoms with Crippen LogP contribution >= 0.6 is 11.8 Å². The predicted molar refractivity (Wildman–Crippen MR) is 84.3 cm³/mol. The molecule has 0 aliphatic heterocycles. The highest BCUT2D eigenvalue weighted by atomic mass is 32.2. The quantitative estimate of drug-likeness (QED) is 0.694. The molecule has 0 bridgehead atoms. The van der Waals surface area contributed by atoms with E-state index in [-0.39, 0.29) is 0 Å². The Kier molecular flexibility index (Phi) is 7.62. The second-order valence-electron chi connectivity index (χ2n) is 4.67. The molecule has 1 atom stereocenters. The van der Waals surface area contributed by atoms with E-state index in [1.165, 1.54) is 12.2 Å². The maximum atomic E-state index is 9.69. The Morgan fingerprint density at radius 1 is 1.16 bits per heavy atom. The third-order valence-corrected chi connectivity index (χ3v) is 4.29. The summed E-state index contributed by atoms with van der Waals surface area (Å²) in [6.45, 7) is 5.20. The van der Waals surface area contributed by atoms with Crippen molar-refractivity contribution in [2.45, 2.75) is 38.6 Å². The second kappa shape index (κ2) is 9.01. The smallest absolute Gasteiger partial charge is 0.133 e. The summed E-state index contributed by atoms with van der Waals surface area (Å²) in [5, 5.41) is 13.1. The van der Waals surface area contributed by atoms with E-state index in [2.05, 4.69) is 37.4 Å². The molecule has 0 saturated carbocycles. The summed E-state index contributed by atoms with van der Waals surface area (Å²) in [5.41, 5.74) is 0.556. The molecule has 2 nitrogen and oxygen atoms in total. The second-order valence-corrected chi connectivity index (χ2v) is 5.90. The van der Waals surface area contributed by atoms with Gasteiger partial charge in [-0.1, -0.05) is 44.2 Å². The number of benzene rings is 1. The normalized spacial score (nSPS) is 13.7. The lowest BCUT2D eigenvalue weighted by Gasteiger charge is -2.28. The molecule has 19 heavy (non-hydrogen) atoms. The van der Waals surface area contributed by atoms with Gasteiger partial charge in [-0.05, 0) is 42.9 Å². The van der Waals surface area contributed by atoms with E-state index >= 15 is 0 Å². The number of nitrogens with one attached hydrogen (secondary N) is 1. The van der Waals surface area contributed by atoms with Crippen LogP contribution in [-0.2, 0) is 5.54 Å². The maximum absolute atomic E-state index is 9.69. The molecular formula is C16H24N2S. The fourth-order valence-corrected chi connectivity index (χ4v) is 2.97. The van der Waals surface area contributed by atoms with Crippen molar-refractivity contribution >= 4 is 11.8 Å². The topological polar surface area (TPSA) is 35.8 Å². The Bertz CT molecular complexity index is 385. The summed E-state index contributed by atoms with van der Waals surface area (Å²) in [6.07, 6.45) is 3.09. The third kappa shape index (κ3) is 4.89. The van der Waals surface area contributed by atoms with Crippen molar-refractivity contribution in [1.82, 2.24) is 5.32 Å². The molecule has 0 aromatic heterocycles. The minimum atomic E-state index is -0.530. The lowest BCUT2D eigenvalue weighted by Crippen LogP contribution is -2.42. The van der Waals surface area contributed by atoms with Crippen molar-refractivity contribution in [2.75, 3.05) is 18.1 Å². The molecule has 0 aliphatic rings. The van der Waals surface area contributed by atoms with Crippen molar-refractivity contribution in [3.63, 3.8) is 0 Å². The van der Waals surface area contributed by atoms with Gasteiger partial charge in [0, 0.05) is 0 Å². The Morgan fingerprint density at radius 2 is 1.89 bits per heavy atom. The van der Waals surface area contributed by atoms with Crippen LogP contribution in [0.3, 0.4) is 0 Å². The molecule has 3 heteroatoms. The molecule has 104 valence electrons. The van der Waals surface area contributed by atoms with Gasteiger partial charge >= 0.3 is 0 Å². The zero-order valence-electron chi connectivity index (χ0n) is 12.0. The first kappa shape index (κ1) is 16.1. The van der Waals surface area contributed by atoms with E-state index in [4.69, 9.17) is 0 Å². The molecule has 1 unspecified atom stereocenters. The molecule has 0 aliphatic carbocycles. The summed E-state index contributed by atoms with van der Waals surface area (Å²) in [5.74, 6) is 2.19. The summed E-state index contributed by atoms with van der Waals surface area (Å²) >= 11 is 1.93. The molecule has 1 N–H and O–H groups in total. The highest BCUT2D eigenvalue weighted by Gasteiger charge is 2.30.